The Morgan fingerprint density at radius 1 is 1.40 bits per heavy atom. The fraction of sp³-hybridized carbons (Fsp3) is 0.786. The van der Waals surface area contributed by atoms with E-state index in [1.807, 2.05) is 0 Å². The Morgan fingerprint density at radius 3 is 2.60 bits per heavy atom. The minimum absolute atomic E-state index is 0.0184. The molecule has 3 atom stereocenters. The molecule has 0 aromatic rings. The van der Waals surface area contributed by atoms with Gasteiger partial charge in [-0.05, 0) is 18.3 Å². The first-order valence-electron chi connectivity index (χ1n) is 7.04. The average molecular weight is 282 g/mol. The third-order valence-electron chi connectivity index (χ3n) is 4.24. The number of nitrogens with one attached hydrogen (secondary N) is 1. The maximum Gasteiger partial charge on any atom is 0.316 e. The van der Waals surface area contributed by atoms with Crippen molar-refractivity contribution < 1.29 is 19.5 Å². The van der Waals surface area contributed by atoms with Gasteiger partial charge in [0, 0.05) is 13.1 Å². The second kappa shape index (κ2) is 5.07. The highest BCUT2D eigenvalue weighted by atomic mass is 16.4. The van der Waals surface area contributed by atoms with Crippen LogP contribution in [0.15, 0.2) is 0 Å². The van der Waals surface area contributed by atoms with Crippen LogP contribution in [0.4, 0.5) is 0 Å². The van der Waals surface area contributed by atoms with Crippen molar-refractivity contribution in [3.05, 3.63) is 0 Å². The molecule has 20 heavy (non-hydrogen) atoms. The van der Waals surface area contributed by atoms with Crippen LogP contribution in [0, 0.1) is 17.3 Å². The number of amides is 2. The lowest BCUT2D eigenvalue weighted by Gasteiger charge is -2.39. The number of carbonyl (C=O) groups excluding carboxylic acids is 2. The molecular formula is C14H22N2O4. The lowest BCUT2D eigenvalue weighted by atomic mass is 9.78. The van der Waals surface area contributed by atoms with Crippen LogP contribution in [-0.2, 0) is 14.4 Å². The van der Waals surface area contributed by atoms with Crippen molar-refractivity contribution in [2.75, 3.05) is 13.1 Å². The highest BCUT2D eigenvalue weighted by Crippen LogP contribution is 2.33. The molecule has 6 nitrogen and oxygen atoms in total. The van der Waals surface area contributed by atoms with E-state index in [1.54, 1.807) is 25.7 Å². The highest BCUT2D eigenvalue weighted by molar-refractivity contribution is 5.98. The number of piperidine rings is 1. The number of fused-ring (bicyclic) bond motifs is 1. The second-order valence-corrected chi connectivity index (χ2v) is 6.73. The predicted octanol–water partition coefficient (Wildman–Crippen LogP) is 0.470. The zero-order valence-corrected chi connectivity index (χ0v) is 12.2. The van der Waals surface area contributed by atoms with Crippen LogP contribution >= 0.6 is 0 Å². The zero-order valence-electron chi connectivity index (χ0n) is 12.2. The number of hydrogen-bond donors (Lipinski definition) is 2. The van der Waals surface area contributed by atoms with E-state index in [1.165, 1.54) is 0 Å². The molecule has 6 heteroatoms. The van der Waals surface area contributed by atoms with Crippen LogP contribution in [-0.4, -0.2) is 46.9 Å². The number of rotatable bonds is 2. The van der Waals surface area contributed by atoms with Gasteiger partial charge in [-0.3, -0.25) is 14.4 Å². The number of likely N-dealkylation sites (tertiary alicyclic amines) is 1. The summed E-state index contributed by atoms with van der Waals surface area (Å²) in [6.45, 7) is 6.23. The van der Waals surface area contributed by atoms with E-state index < -0.39 is 17.3 Å². The molecule has 112 valence electrons. The van der Waals surface area contributed by atoms with Crippen LogP contribution in [0.25, 0.3) is 0 Å². The van der Waals surface area contributed by atoms with Gasteiger partial charge in [-0.2, -0.15) is 0 Å². The fourth-order valence-electron chi connectivity index (χ4n) is 3.24. The van der Waals surface area contributed by atoms with Crippen molar-refractivity contribution in [3.8, 4) is 0 Å². The summed E-state index contributed by atoms with van der Waals surface area (Å²) in [5.74, 6) is -2.73. The summed E-state index contributed by atoms with van der Waals surface area (Å²) in [7, 11) is 0. The SMILES string of the molecule is CC(C)(C)C(C(=O)O)C(=O)N1CCCC2C(=O)NCC21. The van der Waals surface area contributed by atoms with E-state index in [9.17, 15) is 19.5 Å². The van der Waals surface area contributed by atoms with E-state index >= 15 is 0 Å². The quantitative estimate of drug-likeness (QED) is 0.721. The molecule has 2 aliphatic rings. The van der Waals surface area contributed by atoms with Crippen molar-refractivity contribution >= 4 is 17.8 Å². The Hall–Kier alpha value is -1.59. The lowest BCUT2D eigenvalue weighted by Crippen LogP contribution is -2.54. The topological polar surface area (TPSA) is 86.7 Å². The summed E-state index contributed by atoms with van der Waals surface area (Å²) in [6, 6.07) is -0.187. The largest absolute Gasteiger partial charge is 0.481 e. The van der Waals surface area contributed by atoms with Gasteiger partial charge < -0.3 is 15.3 Å². The number of aliphatic carboxylic acids is 1. The van der Waals surface area contributed by atoms with Crippen molar-refractivity contribution in [1.29, 1.82) is 0 Å². The van der Waals surface area contributed by atoms with Gasteiger partial charge in [0.25, 0.3) is 0 Å². The summed E-state index contributed by atoms with van der Waals surface area (Å²) in [6.07, 6.45) is 1.52. The van der Waals surface area contributed by atoms with E-state index in [0.29, 0.717) is 13.1 Å². The lowest BCUT2D eigenvalue weighted by molar-refractivity contribution is -0.158. The third-order valence-corrected chi connectivity index (χ3v) is 4.24. The molecule has 0 radical (unpaired) electrons. The Balaban J connectivity index is 2.23. The van der Waals surface area contributed by atoms with Crippen LogP contribution in [0.2, 0.25) is 0 Å². The first-order chi connectivity index (χ1) is 9.23. The van der Waals surface area contributed by atoms with Gasteiger partial charge in [-0.15, -0.1) is 0 Å². The van der Waals surface area contributed by atoms with Gasteiger partial charge in [0.05, 0.1) is 12.0 Å². The molecule has 0 saturated carbocycles. The molecule has 2 amide bonds. The van der Waals surface area contributed by atoms with Crippen LogP contribution < -0.4 is 5.32 Å². The van der Waals surface area contributed by atoms with Crippen molar-refractivity contribution in [1.82, 2.24) is 10.2 Å². The maximum atomic E-state index is 12.6. The Kier molecular flexibility index (Phi) is 3.75. The first kappa shape index (κ1) is 14.8. The van der Waals surface area contributed by atoms with Crippen molar-refractivity contribution in [2.24, 2.45) is 17.3 Å². The fourth-order valence-corrected chi connectivity index (χ4v) is 3.24. The van der Waals surface area contributed by atoms with E-state index in [0.717, 1.165) is 12.8 Å². The zero-order chi connectivity index (χ0) is 15.1. The number of hydrogen-bond acceptors (Lipinski definition) is 3. The van der Waals surface area contributed by atoms with Gasteiger partial charge in [0.2, 0.25) is 11.8 Å². The molecule has 0 aliphatic carbocycles. The van der Waals surface area contributed by atoms with Gasteiger partial charge in [0.15, 0.2) is 0 Å². The first-order valence-corrected chi connectivity index (χ1v) is 7.04. The molecule has 2 rings (SSSR count). The average Bonchev–Trinajstić information content (AvgIpc) is 2.69. The number of carboxylic acids is 1. The summed E-state index contributed by atoms with van der Waals surface area (Å²) < 4.78 is 0. The molecule has 2 N–H and O–H groups in total. The molecule has 3 unspecified atom stereocenters. The van der Waals surface area contributed by atoms with Gasteiger partial charge in [-0.1, -0.05) is 20.8 Å². The second-order valence-electron chi connectivity index (χ2n) is 6.73. The molecule has 0 spiro atoms. The Labute approximate surface area is 118 Å². The van der Waals surface area contributed by atoms with E-state index in [2.05, 4.69) is 5.32 Å². The summed E-state index contributed by atoms with van der Waals surface area (Å²) >= 11 is 0. The molecule has 0 aromatic carbocycles. The molecule has 2 saturated heterocycles. The third kappa shape index (κ3) is 2.51. The Bertz CT molecular complexity index is 441. The standard InChI is InChI=1S/C14H22N2O4/c1-14(2,3)10(13(19)20)12(18)16-6-4-5-8-9(16)7-15-11(8)17/h8-10H,4-7H2,1-3H3,(H,15,17)(H,19,20). The van der Waals surface area contributed by atoms with Crippen molar-refractivity contribution in [2.45, 2.75) is 39.7 Å². The Morgan fingerprint density at radius 2 is 2.05 bits per heavy atom. The molecular weight excluding hydrogens is 260 g/mol. The number of nitrogens with zero attached hydrogens (tertiary/aromatic N) is 1. The summed E-state index contributed by atoms with van der Waals surface area (Å²) in [5.41, 5.74) is -0.647. The van der Waals surface area contributed by atoms with Gasteiger partial charge in [0.1, 0.15) is 5.92 Å². The number of carboxylic acid groups (broad SMARTS) is 1. The molecule has 0 aromatic heterocycles. The monoisotopic (exact) mass is 282 g/mol. The van der Waals surface area contributed by atoms with E-state index in [4.69, 9.17) is 0 Å². The smallest absolute Gasteiger partial charge is 0.316 e. The minimum atomic E-state index is -1.10. The number of carbonyl (C=O) groups is 3. The summed E-state index contributed by atoms with van der Waals surface area (Å²) in [5, 5.41) is 12.1. The normalized spacial score (nSPS) is 27.8. The van der Waals surface area contributed by atoms with E-state index in [-0.39, 0.29) is 23.8 Å². The molecule has 0 bridgehead atoms. The van der Waals surface area contributed by atoms with Crippen LogP contribution in [0.1, 0.15) is 33.6 Å². The molecule has 2 aliphatic heterocycles. The van der Waals surface area contributed by atoms with Crippen molar-refractivity contribution in [3.63, 3.8) is 0 Å². The van der Waals surface area contributed by atoms with Gasteiger partial charge in [-0.25, -0.2) is 0 Å². The minimum Gasteiger partial charge on any atom is -0.481 e. The molecule has 2 fully saturated rings. The predicted molar refractivity (Wildman–Crippen MR) is 71.8 cm³/mol. The maximum absolute atomic E-state index is 12.6. The summed E-state index contributed by atoms with van der Waals surface area (Å²) in [4.78, 5) is 37.4. The van der Waals surface area contributed by atoms with Crippen LogP contribution in [0.3, 0.4) is 0 Å². The molecule has 2 heterocycles. The highest BCUT2D eigenvalue weighted by Gasteiger charge is 2.47. The van der Waals surface area contributed by atoms with Gasteiger partial charge >= 0.3 is 5.97 Å². The van der Waals surface area contributed by atoms with Crippen LogP contribution in [0.5, 0.6) is 0 Å².